The van der Waals surface area contributed by atoms with Crippen LogP contribution in [0.1, 0.15) is 28.4 Å². The molecule has 0 aliphatic carbocycles. The molecule has 0 amide bonds. The van der Waals surface area contributed by atoms with E-state index >= 15 is 0 Å². The molecular formula is C27H32O15. The highest BCUT2D eigenvalue weighted by Crippen LogP contribution is 2.44. The first kappa shape index (κ1) is 30.4. The van der Waals surface area contributed by atoms with Gasteiger partial charge in [-0.15, -0.1) is 0 Å². The molecule has 5 rings (SSSR count). The molecule has 0 bridgehead atoms. The summed E-state index contributed by atoms with van der Waals surface area (Å²) >= 11 is 0. The lowest BCUT2D eigenvalue weighted by Crippen LogP contribution is -2.60. The number of hydrogen-bond acceptors (Lipinski definition) is 15. The van der Waals surface area contributed by atoms with Gasteiger partial charge in [-0.2, -0.15) is 0 Å². The van der Waals surface area contributed by atoms with E-state index < -0.39 is 86.5 Å². The highest BCUT2D eigenvalue weighted by molar-refractivity contribution is 6.03. The molecule has 9 N–H and O–H groups in total. The van der Waals surface area contributed by atoms with Crippen molar-refractivity contribution < 1.29 is 74.4 Å². The fourth-order valence-electron chi connectivity index (χ4n) is 5.02. The van der Waals surface area contributed by atoms with E-state index in [1.54, 1.807) is 12.1 Å². The van der Waals surface area contributed by atoms with Crippen LogP contribution in [0.5, 0.6) is 23.0 Å². The molecule has 2 saturated heterocycles. The number of carbonyl (C=O) groups excluding carboxylic acids is 1. The first-order valence-corrected chi connectivity index (χ1v) is 13.1. The molecule has 3 heterocycles. The third-order valence-electron chi connectivity index (χ3n) is 7.42. The molecule has 0 aromatic heterocycles. The molecule has 42 heavy (non-hydrogen) atoms. The van der Waals surface area contributed by atoms with Gasteiger partial charge in [-0.25, -0.2) is 0 Å². The van der Waals surface area contributed by atoms with Gasteiger partial charge < -0.3 is 69.6 Å². The van der Waals surface area contributed by atoms with Gasteiger partial charge in [0.05, 0.1) is 19.6 Å². The van der Waals surface area contributed by atoms with E-state index in [0.717, 1.165) is 0 Å². The molecule has 230 valence electrons. The Morgan fingerprint density at radius 2 is 1.29 bits per heavy atom. The summed E-state index contributed by atoms with van der Waals surface area (Å²) in [5, 5.41) is 90.2. The maximum absolute atomic E-state index is 13.4. The maximum Gasteiger partial charge on any atom is 0.229 e. The van der Waals surface area contributed by atoms with Gasteiger partial charge >= 0.3 is 0 Å². The fourth-order valence-corrected chi connectivity index (χ4v) is 5.02. The van der Waals surface area contributed by atoms with Crippen molar-refractivity contribution in [3.8, 4) is 23.0 Å². The molecule has 2 fully saturated rings. The fraction of sp³-hybridized carbons (Fsp3) is 0.519. The zero-order valence-electron chi connectivity index (χ0n) is 21.9. The van der Waals surface area contributed by atoms with Gasteiger partial charge in [-0.1, -0.05) is 12.1 Å². The summed E-state index contributed by atoms with van der Waals surface area (Å²) in [7, 11) is 0. The van der Waals surface area contributed by atoms with Gasteiger partial charge in [0, 0.05) is 12.1 Å². The summed E-state index contributed by atoms with van der Waals surface area (Å²) in [5.41, 5.74) is 0.464. The number of aliphatic hydroxyl groups is 8. The topological polar surface area (TPSA) is 245 Å². The third kappa shape index (κ3) is 5.76. The second-order valence-corrected chi connectivity index (χ2v) is 10.3. The molecule has 3 aliphatic rings. The van der Waals surface area contributed by atoms with Crippen LogP contribution in [0, 0.1) is 0 Å². The quantitative estimate of drug-likeness (QED) is 0.160. The summed E-state index contributed by atoms with van der Waals surface area (Å²) in [6, 6.07) is 8.43. The molecule has 2 aromatic carbocycles. The molecule has 0 spiro atoms. The second kappa shape index (κ2) is 12.3. The maximum atomic E-state index is 13.4. The van der Waals surface area contributed by atoms with Gasteiger partial charge in [0.15, 0.2) is 5.78 Å². The molecule has 2 aromatic rings. The lowest BCUT2D eigenvalue weighted by Gasteiger charge is -2.40. The first-order valence-electron chi connectivity index (χ1n) is 13.1. The number of Topliss-reactive ketones (excluding diaryl/α,β-unsaturated/α-hetero) is 1. The van der Waals surface area contributed by atoms with Crippen molar-refractivity contribution in [2.45, 2.75) is 73.9 Å². The molecule has 15 heteroatoms. The Balaban J connectivity index is 1.50. The lowest BCUT2D eigenvalue weighted by atomic mass is 9.95. The molecule has 0 saturated carbocycles. The molecule has 0 unspecified atom stereocenters. The molecule has 0 radical (unpaired) electrons. The summed E-state index contributed by atoms with van der Waals surface area (Å²) in [5.74, 6) is -0.923. The molecule has 15 nitrogen and oxygen atoms in total. The number of ketones is 1. The number of hydrogen-bond donors (Lipinski definition) is 9. The third-order valence-corrected chi connectivity index (χ3v) is 7.42. The Labute approximate surface area is 238 Å². The number of fused-ring (bicyclic) bond motifs is 1. The number of phenolic OH excluding ortho intramolecular Hbond substituents is 1. The number of carbonyl (C=O) groups is 1. The average molecular weight is 597 g/mol. The summed E-state index contributed by atoms with van der Waals surface area (Å²) in [6.45, 7) is -1.42. The summed E-state index contributed by atoms with van der Waals surface area (Å²) < 4.78 is 28.4. The Morgan fingerprint density at radius 1 is 0.738 bits per heavy atom. The standard InChI is InChI=1S/C27H32O15/c28-8-17-20(32)22(34)24(36)26(41-17)38-12-5-15-19(13(31)7-14(39-15)10-1-3-11(30)4-2-10)16(6-12)40-27-25(37)23(35)21(33)18(9-29)42-27/h1-6,14,17-18,20-30,32-37H,7-9H2/t14-,17-,18-,20-,21-,22+,23+,24-,25-,26-,27-/m1/s1. The SMILES string of the molecule is O=C1C[C@H](c2ccc(O)cc2)Oc2cc(O[C@@H]3O[C@H](CO)[C@@H](O)[C@H](O)[C@H]3O)cc(O[C@@H]3O[C@H](CO)[C@@H](O)[C@H](O)[C@H]3O)c21. The molecular weight excluding hydrogens is 564 g/mol. The van der Waals surface area contributed by atoms with Crippen LogP contribution in [0.4, 0.5) is 0 Å². The van der Waals surface area contributed by atoms with Gasteiger partial charge in [0.1, 0.15) is 83.5 Å². The number of aromatic hydroxyl groups is 1. The van der Waals surface area contributed by atoms with E-state index in [0.29, 0.717) is 5.56 Å². The van der Waals surface area contributed by atoms with Crippen molar-refractivity contribution >= 4 is 5.78 Å². The Morgan fingerprint density at radius 3 is 1.83 bits per heavy atom. The van der Waals surface area contributed by atoms with E-state index in [9.17, 15) is 50.8 Å². The van der Waals surface area contributed by atoms with Crippen molar-refractivity contribution in [1.82, 2.24) is 0 Å². The van der Waals surface area contributed by atoms with Crippen LogP contribution in [-0.4, -0.2) is 126 Å². The highest BCUT2D eigenvalue weighted by atomic mass is 16.7. The minimum atomic E-state index is -1.81. The van der Waals surface area contributed by atoms with Crippen LogP contribution in [-0.2, 0) is 9.47 Å². The van der Waals surface area contributed by atoms with E-state index in [2.05, 4.69) is 0 Å². The van der Waals surface area contributed by atoms with Crippen LogP contribution >= 0.6 is 0 Å². The van der Waals surface area contributed by atoms with Crippen molar-refractivity contribution in [2.24, 2.45) is 0 Å². The largest absolute Gasteiger partial charge is 0.508 e. The van der Waals surface area contributed by atoms with Crippen LogP contribution < -0.4 is 14.2 Å². The van der Waals surface area contributed by atoms with Crippen LogP contribution in [0.2, 0.25) is 0 Å². The predicted octanol–water partition coefficient (Wildman–Crippen LogP) is -2.54. The molecule has 11 atom stereocenters. The van der Waals surface area contributed by atoms with Crippen molar-refractivity contribution in [2.75, 3.05) is 13.2 Å². The highest BCUT2D eigenvalue weighted by Gasteiger charge is 2.47. The minimum Gasteiger partial charge on any atom is -0.508 e. The average Bonchev–Trinajstić information content (AvgIpc) is 2.97. The Hall–Kier alpha value is -3.09. The van der Waals surface area contributed by atoms with E-state index in [4.69, 9.17) is 23.7 Å². The second-order valence-electron chi connectivity index (χ2n) is 10.3. The van der Waals surface area contributed by atoms with Gasteiger partial charge in [0.2, 0.25) is 12.6 Å². The number of rotatable bonds is 7. The van der Waals surface area contributed by atoms with Crippen LogP contribution in [0.15, 0.2) is 36.4 Å². The zero-order valence-corrected chi connectivity index (χ0v) is 21.9. The van der Waals surface area contributed by atoms with Gasteiger partial charge in [0.25, 0.3) is 0 Å². The number of benzene rings is 2. The number of phenols is 1. The van der Waals surface area contributed by atoms with Gasteiger partial charge in [-0.05, 0) is 17.7 Å². The van der Waals surface area contributed by atoms with Gasteiger partial charge in [-0.3, -0.25) is 4.79 Å². The van der Waals surface area contributed by atoms with Crippen LogP contribution in [0.3, 0.4) is 0 Å². The smallest absolute Gasteiger partial charge is 0.229 e. The predicted molar refractivity (Wildman–Crippen MR) is 136 cm³/mol. The van der Waals surface area contributed by atoms with Crippen molar-refractivity contribution in [3.05, 3.63) is 47.5 Å². The summed E-state index contributed by atoms with van der Waals surface area (Å²) in [6.07, 6.45) is -17.2. The monoisotopic (exact) mass is 596 g/mol. The van der Waals surface area contributed by atoms with Crippen molar-refractivity contribution in [1.29, 1.82) is 0 Å². The molecule has 3 aliphatic heterocycles. The first-order chi connectivity index (χ1) is 20.0. The number of ether oxygens (including phenoxy) is 5. The van der Waals surface area contributed by atoms with E-state index in [1.807, 2.05) is 0 Å². The Bertz CT molecular complexity index is 1250. The number of aliphatic hydroxyl groups excluding tert-OH is 8. The zero-order chi connectivity index (χ0) is 30.3. The van der Waals surface area contributed by atoms with E-state index in [-0.39, 0.29) is 35.0 Å². The minimum absolute atomic E-state index is 0.00622. The van der Waals surface area contributed by atoms with Crippen molar-refractivity contribution in [3.63, 3.8) is 0 Å². The normalized spacial score (nSPS) is 36.6. The van der Waals surface area contributed by atoms with Crippen LogP contribution in [0.25, 0.3) is 0 Å². The Kier molecular flexibility index (Phi) is 8.86. The van der Waals surface area contributed by atoms with E-state index in [1.165, 1.54) is 24.3 Å². The lowest BCUT2D eigenvalue weighted by molar-refractivity contribution is -0.278. The summed E-state index contributed by atoms with van der Waals surface area (Å²) in [4.78, 5) is 13.4.